The molecule has 15 nitrogen and oxygen atoms in total. The Labute approximate surface area is 371 Å². The quantitative estimate of drug-likeness (QED) is 0.122. The second kappa shape index (κ2) is 17.8. The van der Waals surface area contributed by atoms with Gasteiger partial charge in [-0.15, -0.1) is 0 Å². The first kappa shape index (κ1) is 42.6. The molecule has 5 heterocycles. The van der Waals surface area contributed by atoms with E-state index in [-0.39, 0.29) is 35.7 Å². The fraction of sp³-hybridized carbons (Fsp3) is 0.388. The zero-order chi connectivity index (χ0) is 44.6. The third-order valence-corrected chi connectivity index (χ3v) is 13.0. The van der Waals surface area contributed by atoms with Crippen LogP contribution in [0.1, 0.15) is 67.7 Å². The highest BCUT2D eigenvalue weighted by atomic mass is 16.5. The Bertz CT molecular complexity index is 2640. The van der Waals surface area contributed by atoms with E-state index in [2.05, 4.69) is 58.1 Å². The van der Waals surface area contributed by atoms with Gasteiger partial charge in [-0.05, 0) is 88.0 Å². The number of fused-ring (bicyclic) bond motifs is 6. The molecule has 3 N–H and O–H groups in total. The van der Waals surface area contributed by atoms with Crippen molar-refractivity contribution >= 4 is 46.2 Å². The minimum atomic E-state index is -0.896. The molecule has 9 rings (SSSR count). The summed E-state index contributed by atoms with van der Waals surface area (Å²) in [5.74, 6) is 1.10. The Morgan fingerprint density at radius 1 is 0.891 bits per heavy atom. The largest absolute Gasteiger partial charge is 0.488 e. The summed E-state index contributed by atoms with van der Waals surface area (Å²) in [5, 5.41) is 7.61. The monoisotopic (exact) mass is 867 g/mol. The molecule has 0 saturated carbocycles. The minimum Gasteiger partial charge on any atom is -0.488 e. The molecule has 0 radical (unpaired) electrons. The first-order valence-corrected chi connectivity index (χ1v) is 21.9. The maximum absolute atomic E-state index is 14.1. The summed E-state index contributed by atoms with van der Waals surface area (Å²) in [5.41, 5.74) is 8.50. The van der Waals surface area contributed by atoms with Crippen LogP contribution in [0.2, 0.25) is 0 Å². The molecular formula is C49H53N7O8. The van der Waals surface area contributed by atoms with Gasteiger partial charge >= 0.3 is 12.2 Å². The molecule has 0 aliphatic carbocycles. The first-order chi connectivity index (χ1) is 31.0. The predicted molar refractivity (Wildman–Crippen MR) is 240 cm³/mol. The number of carbonyl (C=O) groups excluding carboxylic acids is 4. The van der Waals surface area contributed by atoms with E-state index in [1.165, 1.54) is 14.2 Å². The third kappa shape index (κ3) is 8.04. The van der Waals surface area contributed by atoms with E-state index in [1.54, 1.807) is 12.0 Å². The maximum Gasteiger partial charge on any atom is 0.407 e. The number of aromatic nitrogens is 2. The van der Waals surface area contributed by atoms with Crippen LogP contribution >= 0.6 is 0 Å². The van der Waals surface area contributed by atoms with Crippen molar-refractivity contribution < 1.29 is 38.1 Å². The molecule has 2 saturated heterocycles. The van der Waals surface area contributed by atoms with Crippen molar-refractivity contribution in [3.63, 3.8) is 0 Å². The van der Waals surface area contributed by atoms with Gasteiger partial charge in [-0.2, -0.15) is 0 Å². The van der Waals surface area contributed by atoms with E-state index >= 15 is 0 Å². The van der Waals surface area contributed by atoms with Crippen LogP contribution in [-0.4, -0.2) is 103 Å². The van der Waals surface area contributed by atoms with Gasteiger partial charge in [0.15, 0.2) is 0 Å². The number of rotatable bonds is 11. The number of nitrogens with one attached hydrogen (secondary N) is 3. The first-order valence-electron chi connectivity index (χ1n) is 21.9. The molecule has 4 amide bonds. The molecule has 4 aromatic carbocycles. The van der Waals surface area contributed by atoms with Gasteiger partial charge in [0, 0.05) is 43.8 Å². The molecule has 5 atom stereocenters. The zero-order valence-electron chi connectivity index (χ0n) is 36.7. The number of hydrogen-bond donors (Lipinski definition) is 3. The van der Waals surface area contributed by atoms with Crippen LogP contribution in [0.15, 0.2) is 84.0 Å². The van der Waals surface area contributed by atoms with Crippen molar-refractivity contribution in [2.45, 2.75) is 70.3 Å². The molecule has 1 aromatic heterocycles. The third-order valence-electron chi connectivity index (χ3n) is 13.0. The lowest BCUT2D eigenvalue weighted by Gasteiger charge is -2.31. The van der Waals surface area contributed by atoms with Gasteiger partial charge in [0.05, 0.1) is 50.5 Å². The molecular weight excluding hydrogens is 815 g/mol. The highest BCUT2D eigenvalue weighted by molar-refractivity contribution is 6.06. The summed E-state index contributed by atoms with van der Waals surface area (Å²) in [4.78, 5) is 69.7. The van der Waals surface area contributed by atoms with Crippen LogP contribution < -0.4 is 15.4 Å². The Morgan fingerprint density at radius 2 is 1.69 bits per heavy atom. The number of ether oxygens (including phenoxy) is 4. The fourth-order valence-corrected chi connectivity index (χ4v) is 9.85. The summed E-state index contributed by atoms with van der Waals surface area (Å²) in [6, 6.07) is 21.8. The topological polar surface area (TPSA) is 177 Å². The van der Waals surface area contributed by atoms with Crippen LogP contribution in [0.5, 0.6) is 5.75 Å². The van der Waals surface area contributed by atoms with E-state index < -0.39 is 24.3 Å². The van der Waals surface area contributed by atoms with Gasteiger partial charge < -0.3 is 44.4 Å². The average Bonchev–Trinajstić information content (AvgIpc) is 4.15. The summed E-state index contributed by atoms with van der Waals surface area (Å²) >= 11 is 0. The molecule has 4 aliphatic rings. The van der Waals surface area contributed by atoms with Gasteiger partial charge in [-0.3, -0.25) is 14.6 Å². The van der Waals surface area contributed by atoms with E-state index in [9.17, 15) is 19.2 Å². The summed E-state index contributed by atoms with van der Waals surface area (Å²) in [7, 11) is 4.25. The molecule has 64 heavy (non-hydrogen) atoms. The van der Waals surface area contributed by atoms with Crippen molar-refractivity contribution in [3.8, 4) is 28.1 Å². The second-order valence-electron chi connectivity index (χ2n) is 17.3. The van der Waals surface area contributed by atoms with Crippen LogP contribution in [0, 0.1) is 11.8 Å². The SMILES string of the molecule is COC[C@H]1C[C@@H](C2=Nc3ccc4cc5c(cc4c3C2)OCc2cc(-c3cnc(C4CCCN4C(=O)[C@H](NC(=O)OC)c4ccccc4)[nH]3)ccc2-5)N(C(=O)[C@@H](NC(=O)OC)C(C)C)C1. The number of benzene rings is 4. The number of amides is 4. The summed E-state index contributed by atoms with van der Waals surface area (Å²) in [6.45, 7) is 5.78. The molecule has 5 aromatic rings. The van der Waals surface area contributed by atoms with Gasteiger partial charge in [0.1, 0.15) is 30.3 Å². The Morgan fingerprint density at radius 3 is 2.45 bits per heavy atom. The van der Waals surface area contributed by atoms with Crippen molar-refractivity contribution in [2.24, 2.45) is 16.8 Å². The molecule has 2 fully saturated rings. The van der Waals surface area contributed by atoms with Crippen molar-refractivity contribution in [3.05, 3.63) is 102 Å². The van der Waals surface area contributed by atoms with Gasteiger partial charge in [-0.25, -0.2) is 14.6 Å². The van der Waals surface area contributed by atoms with Gasteiger partial charge in [0.2, 0.25) is 5.91 Å². The van der Waals surface area contributed by atoms with Crippen LogP contribution in [0.25, 0.3) is 33.2 Å². The summed E-state index contributed by atoms with van der Waals surface area (Å²) < 4.78 is 21.7. The predicted octanol–water partition coefficient (Wildman–Crippen LogP) is 7.42. The minimum absolute atomic E-state index is 0.133. The Balaban J connectivity index is 0.937. The highest BCUT2D eigenvalue weighted by Gasteiger charge is 2.43. The number of methoxy groups -OCH3 is 3. The maximum atomic E-state index is 14.1. The number of nitrogens with zero attached hydrogens (tertiary/aromatic N) is 4. The molecule has 15 heteroatoms. The van der Waals surface area contributed by atoms with E-state index in [4.69, 9.17) is 28.9 Å². The molecule has 1 unspecified atom stereocenters. The molecule has 4 aliphatic heterocycles. The standard InChI is InChI=1S/C49H53N7O8/c1-27(2)43(53-48(59)62-4)46(57)56-24-28(25-61-3)18-41(56)38-21-35-34-22-42-36(20-30(34)14-16-37(35)51-38)33-15-13-31(19-32(33)26-64-42)39-23-50-45(52-39)40-12-9-17-55(40)47(58)44(54-49(60)63-5)29-10-7-6-8-11-29/h6-8,10-11,13-16,19-20,22-23,27-28,40-41,43-44H,9,12,17-18,21,24-26H2,1-5H3,(H,50,52)(H,53,59)(H,54,60)/t28-,40?,41-,43-,44+/m0/s1. The molecule has 0 bridgehead atoms. The second-order valence-corrected chi connectivity index (χ2v) is 17.3. The lowest BCUT2D eigenvalue weighted by atomic mass is 9.90. The summed E-state index contributed by atoms with van der Waals surface area (Å²) in [6.07, 6.45) is 3.34. The Kier molecular flexibility index (Phi) is 11.8. The lowest BCUT2D eigenvalue weighted by molar-refractivity contribution is -0.135. The number of aromatic amines is 1. The number of aliphatic imine (C=N–C) groups is 1. The lowest BCUT2D eigenvalue weighted by Crippen LogP contribution is -2.53. The van der Waals surface area contributed by atoms with E-state index in [1.807, 2.05) is 55.3 Å². The number of imidazole rings is 1. The number of likely N-dealkylation sites (tertiary alicyclic amines) is 2. The zero-order valence-corrected chi connectivity index (χ0v) is 36.7. The fourth-order valence-electron chi connectivity index (χ4n) is 9.85. The van der Waals surface area contributed by atoms with E-state index in [0.717, 1.165) is 74.3 Å². The average molecular weight is 868 g/mol. The molecule has 332 valence electrons. The number of hydrogen-bond acceptors (Lipinski definition) is 10. The molecule has 0 spiro atoms. The number of H-pyrrole nitrogens is 1. The van der Waals surface area contributed by atoms with Gasteiger partial charge in [-0.1, -0.05) is 62.4 Å². The van der Waals surface area contributed by atoms with Crippen LogP contribution in [-0.2, 0) is 36.8 Å². The smallest absolute Gasteiger partial charge is 0.407 e. The normalized spacial score (nSPS) is 19.6. The Hall–Kier alpha value is -6.74. The van der Waals surface area contributed by atoms with Crippen molar-refractivity contribution in [1.82, 2.24) is 30.4 Å². The van der Waals surface area contributed by atoms with Crippen molar-refractivity contribution in [2.75, 3.05) is 41.0 Å². The van der Waals surface area contributed by atoms with Crippen LogP contribution in [0.4, 0.5) is 15.3 Å². The van der Waals surface area contributed by atoms with E-state index in [0.29, 0.717) is 50.5 Å². The number of alkyl carbamates (subject to hydrolysis) is 2. The van der Waals surface area contributed by atoms with Crippen LogP contribution in [0.3, 0.4) is 0 Å². The van der Waals surface area contributed by atoms with Gasteiger partial charge in [0.25, 0.3) is 5.91 Å². The number of carbonyl (C=O) groups is 4. The van der Waals surface area contributed by atoms with Crippen molar-refractivity contribution in [1.29, 1.82) is 0 Å². The highest BCUT2D eigenvalue weighted by Crippen LogP contribution is 2.45.